The van der Waals surface area contributed by atoms with Gasteiger partial charge in [-0.05, 0) is 88.9 Å². The Hall–Kier alpha value is -7.40. The average Bonchev–Trinajstić information content (AvgIpc) is 4.10. The molecule has 0 N–H and O–H groups in total. The third-order valence-electron chi connectivity index (χ3n) is 11.6. The normalized spacial score (nSPS) is 13.8. The second-order valence-corrected chi connectivity index (χ2v) is 15.8. The molecule has 270 valence electrons. The monoisotopic (exact) mass is 763 g/mol. The first-order chi connectivity index (χ1) is 31.7. The molecular formula is C54H32N2OS. The van der Waals surface area contributed by atoms with E-state index in [-0.39, 0.29) is 57.6 Å². The predicted molar refractivity (Wildman–Crippen MR) is 246 cm³/mol. The maximum Gasteiger partial charge on any atom is 0.159 e. The maximum absolute atomic E-state index is 10.0. The highest BCUT2D eigenvalue weighted by molar-refractivity contribution is 7.25. The molecule has 0 bridgehead atoms. The fourth-order valence-electron chi connectivity index (χ4n) is 9.02. The number of fused-ring (bicyclic) bond motifs is 12. The Morgan fingerprint density at radius 2 is 1.24 bits per heavy atom. The summed E-state index contributed by atoms with van der Waals surface area (Å²) in [7, 11) is 0. The smallest absolute Gasteiger partial charge is 0.159 e. The summed E-state index contributed by atoms with van der Waals surface area (Å²) in [6.45, 7) is 0. The minimum atomic E-state index is -0.425. The first-order valence-electron chi connectivity index (χ1n) is 22.7. The molecule has 0 saturated carbocycles. The lowest BCUT2D eigenvalue weighted by Crippen LogP contribution is -1.94. The number of hydrogen-bond donors (Lipinski definition) is 0. The zero-order valence-electron chi connectivity index (χ0n) is 37.6. The Morgan fingerprint density at radius 3 is 2.19 bits per heavy atom. The Morgan fingerprint density at radius 1 is 0.448 bits per heavy atom. The molecule has 0 aliphatic carbocycles. The standard InChI is InChI=1S/C54H32N2OS/c1-2-12-33(13-3-1)37-17-10-20-48-53(37)44-31-35(25-29-47(44)56(48)49-21-11-18-42-39-15-5-8-22-50(39)57-54(42)49)34-24-28-46-43(30-34)38-14-4-7-19-45(38)55(46)36-26-27-41-40-16-6-9-23-51(40)58-52(41)32-36/h1-32H/i4D,7D,14D,19D,24D,28D,30D. The van der Waals surface area contributed by atoms with Crippen LogP contribution in [0.1, 0.15) is 9.60 Å². The molecule has 4 heterocycles. The van der Waals surface area contributed by atoms with E-state index in [0.717, 1.165) is 80.7 Å². The molecule has 3 nitrogen and oxygen atoms in total. The Bertz CT molecular complexity index is 4220. The van der Waals surface area contributed by atoms with Gasteiger partial charge in [0.1, 0.15) is 5.58 Å². The molecule has 0 amide bonds. The summed E-state index contributed by atoms with van der Waals surface area (Å²) in [6, 6.07) is 48.7. The van der Waals surface area contributed by atoms with Crippen LogP contribution in [0.5, 0.6) is 0 Å². The summed E-state index contributed by atoms with van der Waals surface area (Å²) in [6.07, 6.45) is 0. The van der Waals surface area contributed by atoms with Gasteiger partial charge in [-0.1, -0.05) is 127 Å². The summed E-state index contributed by atoms with van der Waals surface area (Å²) in [5, 5.41) is 6.37. The van der Waals surface area contributed by atoms with Gasteiger partial charge in [-0.2, -0.15) is 0 Å². The van der Waals surface area contributed by atoms with E-state index >= 15 is 0 Å². The summed E-state index contributed by atoms with van der Waals surface area (Å²) in [4.78, 5) is 0. The van der Waals surface area contributed by atoms with E-state index < -0.39 is 12.1 Å². The van der Waals surface area contributed by atoms with E-state index in [1.54, 1.807) is 15.9 Å². The molecule has 0 saturated heterocycles. The van der Waals surface area contributed by atoms with Gasteiger partial charge in [0.25, 0.3) is 0 Å². The SMILES string of the molecule is [2H]c1c([2H])c([2H])c2c(c1[2H])c1c([2H])c(-c3ccc4c(c3)c3c(-c5ccccc5)cccc3n4-c3cccc4c3oc3ccccc34)c([2H])c([2H])c1n2-c1ccc2c(c1)sc1ccccc12. The number of benzene rings is 9. The molecule has 0 aliphatic heterocycles. The summed E-state index contributed by atoms with van der Waals surface area (Å²) >= 11 is 1.62. The highest BCUT2D eigenvalue weighted by atomic mass is 32.1. The van der Waals surface area contributed by atoms with E-state index in [1.165, 1.54) is 0 Å². The molecule has 0 radical (unpaired) electrons. The van der Waals surface area contributed by atoms with Crippen molar-refractivity contribution in [2.75, 3.05) is 0 Å². The van der Waals surface area contributed by atoms with Gasteiger partial charge in [-0.15, -0.1) is 11.3 Å². The van der Waals surface area contributed by atoms with E-state index in [0.29, 0.717) is 11.3 Å². The van der Waals surface area contributed by atoms with Crippen molar-refractivity contribution >= 4 is 97.1 Å². The molecule has 13 aromatic rings. The van der Waals surface area contributed by atoms with Gasteiger partial charge in [-0.25, -0.2) is 0 Å². The van der Waals surface area contributed by atoms with Crippen molar-refractivity contribution in [2.24, 2.45) is 0 Å². The zero-order chi connectivity index (χ0) is 44.0. The van der Waals surface area contributed by atoms with Crippen LogP contribution in [-0.4, -0.2) is 9.13 Å². The van der Waals surface area contributed by atoms with Gasteiger partial charge < -0.3 is 13.6 Å². The number of aromatic nitrogens is 2. The van der Waals surface area contributed by atoms with Crippen LogP contribution in [0.2, 0.25) is 0 Å². The van der Waals surface area contributed by atoms with Gasteiger partial charge in [0.2, 0.25) is 0 Å². The number of para-hydroxylation sites is 3. The Labute approximate surface area is 346 Å². The molecule has 0 atom stereocenters. The Balaban J connectivity index is 1.12. The molecule has 13 rings (SSSR count). The van der Waals surface area contributed by atoms with E-state index in [4.69, 9.17) is 7.16 Å². The minimum absolute atomic E-state index is 0.0869. The van der Waals surface area contributed by atoms with Crippen LogP contribution in [0.25, 0.3) is 119 Å². The van der Waals surface area contributed by atoms with Crippen molar-refractivity contribution in [1.82, 2.24) is 9.13 Å². The molecule has 58 heavy (non-hydrogen) atoms. The van der Waals surface area contributed by atoms with Crippen LogP contribution in [0.3, 0.4) is 0 Å². The van der Waals surface area contributed by atoms with Crippen LogP contribution in [0.15, 0.2) is 198 Å². The molecule has 0 unspecified atom stereocenters. The van der Waals surface area contributed by atoms with Crippen molar-refractivity contribution in [3.63, 3.8) is 0 Å². The first-order valence-corrected chi connectivity index (χ1v) is 20.0. The molecule has 0 aliphatic rings. The second-order valence-electron chi connectivity index (χ2n) is 14.7. The average molecular weight is 764 g/mol. The highest BCUT2D eigenvalue weighted by Gasteiger charge is 2.21. The molecule has 9 aromatic carbocycles. The third-order valence-corrected chi connectivity index (χ3v) is 12.7. The van der Waals surface area contributed by atoms with Crippen LogP contribution in [0.4, 0.5) is 0 Å². The van der Waals surface area contributed by atoms with E-state index in [2.05, 4.69) is 65.2 Å². The van der Waals surface area contributed by atoms with Gasteiger partial charge >= 0.3 is 0 Å². The molecule has 4 aromatic heterocycles. The highest BCUT2D eigenvalue weighted by Crippen LogP contribution is 2.44. The van der Waals surface area contributed by atoms with Crippen molar-refractivity contribution in [3.05, 3.63) is 194 Å². The van der Waals surface area contributed by atoms with Crippen molar-refractivity contribution in [1.29, 1.82) is 0 Å². The lowest BCUT2D eigenvalue weighted by Gasteiger charge is -2.10. The van der Waals surface area contributed by atoms with E-state index in [9.17, 15) is 6.85 Å². The quantitative estimate of drug-likeness (QED) is 0.175. The minimum Gasteiger partial charge on any atom is -0.454 e. The zero-order valence-corrected chi connectivity index (χ0v) is 31.5. The molecular weight excluding hydrogens is 725 g/mol. The first kappa shape index (κ1) is 25.7. The molecule has 4 heteroatoms. The number of nitrogens with zero attached hydrogens (tertiary/aromatic N) is 2. The number of thiophene rings is 1. The van der Waals surface area contributed by atoms with Crippen LogP contribution >= 0.6 is 11.3 Å². The van der Waals surface area contributed by atoms with Gasteiger partial charge in [0.15, 0.2) is 5.58 Å². The summed E-state index contributed by atoms with van der Waals surface area (Å²) < 4.78 is 78.0. The van der Waals surface area contributed by atoms with Gasteiger partial charge in [-0.3, -0.25) is 0 Å². The van der Waals surface area contributed by atoms with Gasteiger partial charge in [0, 0.05) is 58.2 Å². The Kier molecular flexibility index (Phi) is 5.34. The lowest BCUT2D eigenvalue weighted by molar-refractivity contribution is 0.666. The van der Waals surface area contributed by atoms with Crippen molar-refractivity contribution < 1.29 is 14.0 Å². The third kappa shape index (κ3) is 4.49. The molecule has 0 fully saturated rings. The number of hydrogen-bond acceptors (Lipinski definition) is 2. The fraction of sp³-hybridized carbons (Fsp3) is 0. The van der Waals surface area contributed by atoms with Crippen LogP contribution in [-0.2, 0) is 0 Å². The predicted octanol–water partition coefficient (Wildman–Crippen LogP) is 15.5. The van der Waals surface area contributed by atoms with Crippen LogP contribution in [0, 0.1) is 0 Å². The largest absolute Gasteiger partial charge is 0.454 e. The van der Waals surface area contributed by atoms with Crippen molar-refractivity contribution in [2.45, 2.75) is 0 Å². The second kappa shape index (κ2) is 12.1. The summed E-state index contributed by atoms with van der Waals surface area (Å²) in [5.74, 6) is 0. The van der Waals surface area contributed by atoms with Crippen molar-refractivity contribution in [3.8, 4) is 33.6 Å². The molecule has 0 spiro atoms. The summed E-state index contributed by atoms with van der Waals surface area (Å²) in [5.41, 5.74) is 7.94. The van der Waals surface area contributed by atoms with E-state index in [1.807, 2.05) is 91.0 Å². The lowest BCUT2D eigenvalue weighted by atomic mass is 9.97. The maximum atomic E-state index is 10.0. The number of furan rings is 1. The number of rotatable bonds is 4. The van der Waals surface area contributed by atoms with Crippen LogP contribution < -0.4 is 0 Å². The van der Waals surface area contributed by atoms with Gasteiger partial charge in [0.05, 0.1) is 37.3 Å². The fourth-order valence-corrected chi connectivity index (χ4v) is 10.2. The topological polar surface area (TPSA) is 23.0 Å².